The van der Waals surface area contributed by atoms with Gasteiger partial charge in [0.25, 0.3) is 0 Å². The van der Waals surface area contributed by atoms with Crippen molar-refractivity contribution in [3.63, 3.8) is 0 Å². The molecule has 0 heterocycles. The molecule has 0 spiro atoms. The van der Waals surface area contributed by atoms with Gasteiger partial charge in [0.2, 0.25) is 0 Å². The monoisotopic (exact) mass is 242 g/mol. The molecule has 0 amide bonds. The zero-order chi connectivity index (χ0) is 9.84. The molecule has 0 aliphatic carbocycles. The molecule has 0 unspecified atom stereocenters. The first kappa shape index (κ1) is 10.4. The molecule has 0 radical (unpaired) electrons. The molecule has 1 aromatic rings. The van der Waals surface area contributed by atoms with Crippen LogP contribution in [0.15, 0.2) is 16.6 Å². The van der Waals surface area contributed by atoms with E-state index in [1.54, 1.807) is 14.2 Å². The lowest BCUT2D eigenvalue weighted by molar-refractivity contribution is 0.354. The Morgan fingerprint density at radius 3 is 2.23 bits per heavy atom. The fourth-order valence-corrected chi connectivity index (χ4v) is 1.77. The van der Waals surface area contributed by atoms with Gasteiger partial charge < -0.3 is 9.47 Å². The van der Waals surface area contributed by atoms with Gasteiger partial charge in [-0.1, -0.05) is 22.3 Å². The van der Waals surface area contributed by atoms with Gasteiger partial charge in [0.1, 0.15) is 7.85 Å². The molecule has 0 saturated heterocycles. The van der Waals surface area contributed by atoms with E-state index in [1.165, 1.54) is 5.56 Å². The Balaban J connectivity index is 3.18. The molecule has 0 fully saturated rings. The summed E-state index contributed by atoms with van der Waals surface area (Å²) in [5, 5.41) is 0. The highest BCUT2D eigenvalue weighted by Gasteiger charge is 2.07. The molecule has 0 aliphatic heterocycles. The quantitative estimate of drug-likeness (QED) is 0.750. The van der Waals surface area contributed by atoms with E-state index in [1.807, 2.05) is 12.1 Å². The van der Waals surface area contributed by atoms with Crippen LogP contribution in [0, 0.1) is 0 Å². The minimum absolute atomic E-state index is 0.756. The lowest BCUT2D eigenvalue weighted by Crippen LogP contribution is -1.94. The molecular formula is C9H12BBrO2. The van der Waals surface area contributed by atoms with Gasteiger partial charge in [0.15, 0.2) is 11.5 Å². The normalized spacial score (nSPS) is 9.77. The SMILES string of the molecule is BCc1cc(OC)c(OC)cc1Br. The van der Waals surface area contributed by atoms with Crippen molar-refractivity contribution in [2.45, 2.75) is 6.32 Å². The van der Waals surface area contributed by atoms with Crippen LogP contribution in [0.2, 0.25) is 0 Å². The number of hydrogen-bond donors (Lipinski definition) is 0. The Hall–Kier alpha value is -0.635. The summed E-state index contributed by atoms with van der Waals surface area (Å²) in [4.78, 5) is 0. The van der Waals surface area contributed by atoms with E-state index in [4.69, 9.17) is 9.47 Å². The molecule has 0 aromatic heterocycles. The topological polar surface area (TPSA) is 18.5 Å². The van der Waals surface area contributed by atoms with Gasteiger partial charge in [0.05, 0.1) is 14.2 Å². The summed E-state index contributed by atoms with van der Waals surface area (Å²) in [7, 11) is 5.38. The van der Waals surface area contributed by atoms with Crippen LogP contribution < -0.4 is 9.47 Å². The molecule has 1 rings (SSSR count). The second-order valence-corrected chi connectivity index (χ2v) is 3.51. The maximum atomic E-state index is 5.19. The van der Waals surface area contributed by atoms with E-state index in [2.05, 4.69) is 23.8 Å². The second kappa shape index (κ2) is 4.56. The van der Waals surface area contributed by atoms with Crippen LogP contribution in [-0.2, 0) is 6.32 Å². The molecule has 4 heteroatoms. The molecular weight excluding hydrogens is 231 g/mol. The van der Waals surface area contributed by atoms with Crippen LogP contribution in [0.25, 0.3) is 0 Å². The Morgan fingerprint density at radius 1 is 1.23 bits per heavy atom. The maximum absolute atomic E-state index is 5.19. The molecule has 0 N–H and O–H groups in total. The fraction of sp³-hybridized carbons (Fsp3) is 0.333. The van der Waals surface area contributed by atoms with Gasteiger partial charge in [-0.15, -0.1) is 0 Å². The van der Waals surface area contributed by atoms with Crippen LogP contribution in [0.3, 0.4) is 0 Å². The second-order valence-electron chi connectivity index (χ2n) is 2.65. The van der Waals surface area contributed by atoms with E-state index in [0.717, 1.165) is 22.3 Å². The van der Waals surface area contributed by atoms with Gasteiger partial charge >= 0.3 is 0 Å². The summed E-state index contributed by atoms with van der Waals surface area (Å²) in [6.45, 7) is 0. The highest BCUT2D eigenvalue weighted by molar-refractivity contribution is 9.10. The van der Waals surface area contributed by atoms with Gasteiger partial charge in [-0.05, 0) is 17.7 Å². The van der Waals surface area contributed by atoms with Crippen LogP contribution in [-0.4, -0.2) is 22.1 Å². The molecule has 0 atom stereocenters. The van der Waals surface area contributed by atoms with Crippen molar-refractivity contribution >= 4 is 23.8 Å². The standard InChI is InChI=1S/C9H12BBrO2/c1-12-8-3-6(5-10)7(11)4-9(8)13-2/h3-4H,5,10H2,1-2H3. The summed E-state index contributed by atoms with van der Waals surface area (Å²) in [5.41, 5.74) is 1.22. The van der Waals surface area contributed by atoms with Gasteiger partial charge in [-0.2, -0.15) is 0 Å². The van der Waals surface area contributed by atoms with Gasteiger partial charge in [-0.25, -0.2) is 0 Å². The zero-order valence-corrected chi connectivity index (χ0v) is 9.64. The maximum Gasteiger partial charge on any atom is 0.161 e. The van der Waals surface area contributed by atoms with Crippen LogP contribution in [0.4, 0.5) is 0 Å². The van der Waals surface area contributed by atoms with E-state index < -0.39 is 0 Å². The highest BCUT2D eigenvalue weighted by atomic mass is 79.9. The highest BCUT2D eigenvalue weighted by Crippen LogP contribution is 2.32. The van der Waals surface area contributed by atoms with E-state index in [-0.39, 0.29) is 0 Å². The molecule has 13 heavy (non-hydrogen) atoms. The molecule has 2 nitrogen and oxygen atoms in total. The fourth-order valence-electron chi connectivity index (χ4n) is 1.17. The number of ether oxygens (including phenoxy) is 2. The minimum atomic E-state index is 0.756. The first-order valence-corrected chi connectivity index (χ1v) is 4.92. The third-order valence-electron chi connectivity index (χ3n) is 1.93. The van der Waals surface area contributed by atoms with Gasteiger partial charge in [0, 0.05) is 4.47 Å². The number of rotatable bonds is 3. The molecule has 0 aliphatic rings. The van der Waals surface area contributed by atoms with Crippen molar-refractivity contribution in [2.24, 2.45) is 0 Å². The zero-order valence-electron chi connectivity index (χ0n) is 8.06. The van der Waals surface area contributed by atoms with Crippen molar-refractivity contribution in [3.05, 3.63) is 22.2 Å². The Kier molecular flexibility index (Phi) is 3.66. The van der Waals surface area contributed by atoms with Crippen molar-refractivity contribution in [2.75, 3.05) is 14.2 Å². The van der Waals surface area contributed by atoms with Crippen molar-refractivity contribution in [1.29, 1.82) is 0 Å². The van der Waals surface area contributed by atoms with E-state index in [9.17, 15) is 0 Å². The lowest BCUT2D eigenvalue weighted by Gasteiger charge is -2.10. The Bertz CT molecular complexity index is 302. The number of benzene rings is 1. The molecule has 1 aromatic carbocycles. The Morgan fingerprint density at radius 2 is 1.77 bits per heavy atom. The van der Waals surface area contributed by atoms with Gasteiger partial charge in [-0.3, -0.25) is 0 Å². The van der Waals surface area contributed by atoms with E-state index >= 15 is 0 Å². The van der Waals surface area contributed by atoms with Crippen LogP contribution in [0.1, 0.15) is 5.56 Å². The van der Waals surface area contributed by atoms with Crippen molar-refractivity contribution in [3.8, 4) is 11.5 Å². The predicted octanol–water partition coefficient (Wildman–Crippen LogP) is 1.60. The first-order valence-electron chi connectivity index (χ1n) is 4.13. The summed E-state index contributed by atoms with van der Waals surface area (Å²) in [5.74, 6) is 1.54. The molecule has 70 valence electrons. The predicted molar refractivity (Wildman–Crippen MR) is 59.5 cm³/mol. The number of halogens is 1. The summed E-state index contributed by atoms with van der Waals surface area (Å²) in [6.07, 6.45) is 0.973. The third-order valence-corrected chi connectivity index (χ3v) is 2.67. The number of methoxy groups -OCH3 is 2. The molecule has 0 saturated carbocycles. The smallest absolute Gasteiger partial charge is 0.161 e. The summed E-state index contributed by atoms with van der Waals surface area (Å²) in [6, 6.07) is 3.92. The van der Waals surface area contributed by atoms with Crippen molar-refractivity contribution < 1.29 is 9.47 Å². The van der Waals surface area contributed by atoms with Crippen LogP contribution >= 0.6 is 15.9 Å². The summed E-state index contributed by atoms with van der Waals surface area (Å²) >= 11 is 3.48. The average molecular weight is 243 g/mol. The lowest BCUT2D eigenvalue weighted by atomic mass is 9.97. The average Bonchev–Trinajstić information content (AvgIpc) is 2.17. The largest absolute Gasteiger partial charge is 0.493 e. The summed E-state index contributed by atoms with van der Waals surface area (Å²) < 4.78 is 11.4. The number of hydrogen-bond acceptors (Lipinski definition) is 2. The molecule has 0 bridgehead atoms. The first-order chi connectivity index (χ1) is 6.22. The van der Waals surface area contributed by atoms with Crippen LogP contribution in [0.5, 0.6) is 11.5 Å². The minimum Gasteiger partial charge on any atom is -0.493 e. The van der Waals surface area contributed by atoms with Crippen molar-refractivity contribution in [1.82, 2.24) is 0 Å². The Labute approximate surface area is 87.8 Å². The third kappa shape index (κ3) is 2.18. The van der Waals surface area contributed by atoms with E-state index in [0.29, 0.717) is 0 Å².